The Balaban J connectivity index is 1.87. The maximum Gasteiger partial charge on any atom is 0.129 e. The summed E-state index contributed by atoms with van der Waals surface area (Å²) in [4.78, 5) is 0. The molecule has 4 rings (SSSR count). The van der Waals surface area contributed by atoms with Crippen molar-refractivity contribution >= 4 is 17.4 Å². The molecule has 1 fully saturated rings. The van der Waals surface area contributed by atoms with Crippen molar-refractivity contribution in [2.24, 2.45) is 5.92 Å². The molecule has 3 N–H and O–H groups in total. The topological polar surface area (TPSA) is 76.5 Å². The Morgan fingerprint density at radius 1 is 1.17 bits per heavy atom. The first-order chi connectivity index (χ1) is 11.8. The summed E-state index contributed by atoms with van der Waals surface area (Å²) in [5.74, 6) is 1.04. The van der Waals surface area contributed by atoms with Crippen molar-refractivity contribution in [1.82, 2.24) is 15.5 Å². The van der Waals surface area contributed by atoms with Crippen LogP contribution < -0.4 is 10.6 Å². The first-order valence-electron chi connectivity index (χ1n) is 8.19. The number of hydrogen-bond donors (Lipinski definition) is 3. The van der Waals surface area contributed by atoms with E-state index in [0.717, 1.165) is 54.1 Å². The van der Waals surface area contributed by atoms with E-state index in [1.807, 2.05) is 24.3 Å². The number of hydrogen-bond acceptors (Lipinski definition) is 4. The molecule has 1 unspecified atom stereocenters. The molecule has 3 heterocycles. The van der Waals surface area contributed by atoms with E-state index in [9.17, 15) is 5.26 Å². The van der Waals surface area contributed by atoms with E-state index in [1.165, 1.54) is 0 Å². The first kappa shape index (κ1) is 15.3. The monoisotopic (exact) mass is 339 g/mol. The average Bonchev–Trinajstić information content (AvgIpc) is 3.10. The zero-order valence-electron chi connectivity index (χ0n) is 13.1. The van der Waals surface area contributed by atoms with Crippen molar-refractivity contribution < 1.29 is 0 Å². The minimum atomic E-state index is -0.177. The molecule has 122 valence electrons. The van der Waals surface area contributed by atoms with Crippen molar-refractivity contribution in [1.29, 1.82) is 5.26 Å². The van der Waals surface area contributed by atoms with Gasteiger partial charge in [-0.2, -0.15) is 10.4 Å². The second-order valence-corrected chi connectivity index (χ2v) is 6.65. The van der Waals surface area contributed by atoms with Crippen LogP contribution in [0.3, 0.4) is 0 Å². The van der Waals surface area contributed by atoms with E-state index in [-0.39, 0.29) is 5.92 Å². The highest BCUT2D eigenvalue weighted by molar-refractivity contribution is 6.31. The Morgan fingerprint density at radius 3 is 2.71 bits per heavy atom. The van der Waals surface area contributed by atoms with Gasteiger partial charge in [-0.25, -0.2) is 0 Å². The summed E-state index contributed by atoms with van der Waals surface area (Å²) in [6.45, 7) is 1.95. The van der Waals surface area contributed by atoms with E-state index in [4.69, 9.17) is 11.6 Å². The molecule has 0 amide bonds. The molecule has 2 aliphatic rings. The Kier molecular flexibility index (Phi) is 4.01. The summed E-state index contributed by atoms with van der Waals surface area (Å²) in [7, 11) is 0. The van der Waals surface area contributed by atoms with Crippen LogP contribution in [0.15, 0.2) is 41.7 Å². The summed E-state index contributed by atoms with van der Waals surface area (Å²) in [5.41, 5.74) is 3.69. The van der Waals surface area contributed by atoms with Gasteiger partial charge in [-0.1, -0.05) is 29.8 Å². The minimum Gasteiger partial charge on any atom is -0.343 e. The lowest BCUT2D eigenvalue weighted by atomic mass is 9.79. The molecule has 5 nitrogen and oxygen atoms in total. The highest BCUT2D eigenvalue weighted by Gasteiger charge is 2.35. The summed E-state index contributed by atoms with van der Waals surface area (Å²) in [5, 5.41) is 24.6. The lowest BCUT2D eigenvalue weighted by molar-refractivity contribution is 0.418. The number of aromatic amines is 1. The zero-order chi connectivity index (χ0) is 16.5. The number of fused-ring (bicyclic) bond motifs is 1. The number of nitrogens with zero attached hydrogens (tertiary/aromatic N) is 2. The van der Waals surface area contributed by atoms with Gasteiger partial charge in [0.2, 0.25) is 0 Å². The second-order valence-electron chi connectivity index (χ2n) is 6.24. The van der Waals surface area contributed by atoms with Crippen molar-refractivity contribution in [3.8, 4) is 6.07 Å². The number of nitrogens with one attached hydrogen (secondary N) is 3. The van der Waals surface area contributed by atoms with Gasteiger partial charge in [-0.3, -0.25) is 5.10 Å². The van der Waals surface area contributed by atoms with Crippen molar-refractivity contribution in [2.75, 3.05) is 18.4 Å². The highest BCUT2D eigenvalue weighted by atomic mass is 35.5. The normalized spacial score (nSPS) is 21.1. The van der Waals surface area contributed by atoms with Crippen LogP contribution >= 0.6 is 11.6 Å². The van der Waals surface area contributed by atoms with Gasteiger partial charge in [0.1, 0.15) is 5.82 Å². The molecule has 1 aromatic heterocycles. The van der Waals surface area contributed by atoms with Crippen LogP contribution in [0.1, 0.15) is 29.9 Å². The fourth-order valence-electron chi connectivity index (χ4n) is 3.72. The molecule has 1 atom stereocenters. The molecular formula is C18H18ClN5. The third-order valence-electron chi connectivity index (χ3n) is 4.90. The summed E-state index contributed by atoms with van der Waals surface area (Å²) in [6, 6.07) is 10.2. The van der Waals surface area contributed by atoms with Crippen LogP contribution in [0.5, 0.6) is 0 Å². The average molecular weight is 340 g/mol. The van der Waals surface area contributed by atoms with Gasteiger partial charge >= 0.3 is 0 Å². The summed E-state index contributed by atoms with van der Waals surface area (Å²) >= 11 is 6.45. The number of benzene rings is 1. The van der Waals surface area contributed by atoms with Gasteiger partial charge in [-0.15, -0.1) is 0 Å². The number of rotatable bonds is 2. The molecule has 1 aromatic carbocycles. The Labute approximate surface area is 145 Å². The molecule has 0 spiro atoms. The number of halogens is 1. The fraction of sp³-hybridized carbons (Fsp3) is 0.333. The van der Waals surface area contributed by atoms with Crippen LogP contribution in [0.4, 0.5) is 5.82 Å². The maximum absolute atomic E-state index is 9.94. The summed E-state index contributed by atoms with van der Waals surface area (Å²) < 4.78 is 0. The zero-order valence-corrected chi connectivity index (χ0v) is 13.9. The van der Waals surface area contributed by atoms with Gasteiger partial charge in [0.05, 0.1) is 23.8 Å². The summed E-state index contributed by atoms with van der Waals surface area (Å²) in [6.07, 6.45) is 3.82. The Bertz CT molecular complexity index is 826. The molecule has 0 bridgehead atoms. The molecule has 2 aliphatic heterocycles. The number of aromatic nitrogens is 2. The maximum atomic E-state index is 9.94. The highest BCUT2D eigenvalue weighted by Crippen LogP contribution is 2.45. The van der Waals surface area contributed by atoms with Crippen molar-refractivity contribution in [3.05, 3.63) is 57.9 Å². The number of nitriles is 1. The predicted molar refractivity (Wildman–Crippen MR) is 93.7 cm³/mol. The standard InChI is InChI=1S/C18H18ClN5/c19-15-4-2-1-3-12(15)16-13(9-20)17(11-5-7-21-8-6-11)23-18-14(16)10-22-24-18/h1-4,10-11,16,21H,5-8H2,(H2,22,23,24). The van der Waals surface area contributed by atoms with E-state index in [2.05, 4.69) is 26.9 Å². The van der Waals surface area contributed by atoms with E-state index >= 15 is 0 Å². The van der Waals surface area contributed by atoms with Crippen LogP contribution in [0, 0.1) is 17.2 Å². The number of anilines is 1. The number of H-pyrrole nitrogens is 1. The molecule has 0 radical (unpaired) electrons. The van der Waals surface area contributed by atoms with E-state index in [0.29, 0.717) is 10.9 Å². The molecule has 24 heavy (non-hydrogen) atoms. The van der Waals surface area contributed by atoms with Gasteiger partial charge in [0, 0.05) is 22.2 Å². The number of allylic oxidation sites excluding steroid dienone is 2. The number of piperidine rings is 1. The third kappa shape index (κ3) is 2.48. The molecule has 0 saturated carbocycles. The lowest BCUT2D eigenvalue weighted by Gasteiger charge is -2.33. The molecule has 0 aliphatic carbocycles. The van der Waals surface area contributed by atoms with Crippen LogP contribution in [-0.2, 0) is 0 Å². The van der Waals surface area contributed by atoms with Crippen LogP contribution in [0.25, 0.3) is 0 Å². The van der Waals surface area contributed by atoms with Crippen LogP contribution in [0.2, 0.25) is 5.02 Å². The van der Waals surface area contributed by atoms with Gasteiger partial charge in [0.15, 0.2) is 0 Å². The SMILES string of the molecule is N#CC1=C(C2CCNCC2)Nc2[nH]ncc2C1c1ccccc1Cl. The molecule has 2 aromatic rings. The second kappa shape index (κ2) is 6.31. The Hall–Kier alpha value is -2.29. The van der Waals surface area contributed by atoms with E-state index < -0.39 is 0 Å². The van der Waals surface area contributed by atoms with Crippen molar-refractivity contribution in [2.45, 2.75) is 18.8 Å². The van der Waals surface area contributed by atoms with E-state index in [1.54, 1.807) is 6.20 Å². The predicted octanol–water partition coefficient (Wildman–Crippen LogP) is 3.40. The van der Waals surface area contributed by atoms with Gasteiger partial charge in [-0.05, 0) is 37.6 Å². The first-order valence-corrected chi connectivity index (χ1v) is 8.57. The largest absolute Gasteiger partial charge is 0.343 e. The third-order valence-corrected chi connectivity index (χ3v) is 5.25. The van der Waals surface area contributed by atoms with Gasteiger partial charge in [0.25, 0.3) is 0 Å². The molecule has 6 heteroatoms. The molecule has 1 saturated heterocycles. The molecular weight excluding hydrogens is 322 g/mol. The lowest BCUT2D eigenvalue weighted by Crippen LogP contribution is -2.32. The smallest absolute Gasteiger partial charge is 0.129 e. The van der Waals surface area contributed by atoms with Crippen molar-refractivity contribution in [3.63, 3.8) is 0 Å². The quantitative estimate of drug-likeness (QED) is 0.783. The Morgan fingerprint density at radius 2 is 1.96 bits per heavy atom. The minimum absolute atomic E-state index is 0.177. The fourth-order valence-corrected chi connectivity index (χ4v) is 3.96. The van der Waals surface area contributed by atoms with Gasteiger partial charge < -0.3 is 10.6 Å². The van der Waals surface area contributed by atoms with Crippen LogP contribution in [-0.4, -0.2) is 23.3 Å².